The van der Waals surface area contributed by atoms with Crippen LogP contribution in [0, 0.1) is 6.92 Å². The summed E-state index contributed by atoms with van der Waals surface area (Å²) in [6, 6.07) is 9.36. The van der Waals surface area contributed by atoms with E-state index in [1.54, 1.807) is 10.9 Å². The zero-order valence-electron chi connectivity index (χ0n) is 13.2. The third kappa shape index (κ3) is 4.50. The Hall–Kier alpha value is -2.03. The summed E-state index contributed by atoms with van der Waals surface area (Å²) in [4.78, 5) is 4.45. The van der Waals surface area contributed by atoms with Crippen molar-refractivity contribution < 1.29 is 8.42 Å². The summed E-state index contributed by atoms with van der Waals surface area (Å²) < 4.78 is 28.6. The second-order valence-corrected chi connectivity index (χ2v) is 8.11. The molecule has 0 saturated heterocycles. The van der Waals surface area contributed by atoms with Gasteiger partial charge in [0.15, 0.2) is 0 Å². The van der Waals surface area contributed by atoms with Gasteiger partial charge in [-0.05, 0) is 18.6 Å². The number of rotatable bonds is 7. The van der Waals surface area contributed by atoms with Crippen molar-refractivity contribution in [3.05, 3.63) is 64.9 Å². The van der Waals surface area contributed by atoms with E-state index in [1.165, 1.54) is 11.3 Å². The maximum absolute atomic E-state index is 12.2. The Kier molecular flexibility index (Phi) is 5.08. The lowest BCUT2D eigenvalue weighted by atomic mass is 10.2. The van der Waals surface area contributed by atoms with Gasteiger partial charge < -0.3 is 0 Å². The molecule has 0 atom stereocenters. The van der Waals surface area contributed by atoms with Gasteiger partial charge in [0.25, 0.3) is 0 Å². The summed E-state index contributed by atoms with van der Waals surface area (Å²) in [6.07, 6.45) is 4.07. The predicted molar refractivity (Wildman–Crippen MR) is 94.7 cm³/mol. The molecule has 0 fully saturated rings. The normalized spacial score (nSPS) is 11.7. The van der Waals surface area contributed by atoms with Crippen LogP contribution in [0.15, 0.2) is 48.1 Å². The fraction of sp³-hybridized carbons (Fsp3) is 0.250. The van der Waals surface area contributed by atoms with E-state index in [9.17, 15) is 8.42 Å². The molecular weight excluding hydrogens is 344 g/mol. The monoisotopic (exact) mass is 362 g/mol. The standard InChI is InChI=1S/C16H18N4O2S2/c1-13-4-2-5-14(10-13)12-24(21,22)18-8-6-15-11-23-16(19-15)20-9-3-7-17-20/h2-5,7,9-11,18H,6,8,12H2,1H3. The van der Waals surface area contributed by atoms with Crippen molar-refractivity contribution in [1.82, 2.24) is 19.5 Å². The van der Waals surface area contributed by atoms with Crippen molar-refractivity contribution in [1.29, 1.82) is 0 Å². The Morgan fingerprint density at radius 2 is 2.17 bits per heavy atom. The Labute approximate surface area is 145 Å². The molecule has 0 spiro atoms. The first-order chi connectivity index (χ1) is 11.5. The molecule has 0 aliphatic heterocycles. The maximum Gasteiger partial charge on any atom is 0.215 e. The number of benzene rings is 1. The van der Waals surface area contributed by atoms with Crippen LogP contribution >= 0.6 is 11.3 Å². The first-order valence-electron chi connectivity index (χ1n) is 7.49. The molecule has 3 aromatic rings. The van der Waals surface area contributed by atoms with Gasteiger partial charge in [-0.25, -0.2) is 22.8 Å². The minimum atomic E-state index is -3.35. The van der Waals surface area contributed by atoms with Crippen molar-refractivity contribution in [3.8, 4) is 5.13 Å². The molecular formula is C16H18N4O2S2. The molecule has 6 nitrogen and oxygen atoms in total. The quantitative estimate of drug-likeness (QED) is 0.700. The highest BCUT2D eigenvalue weighted by Gasteiger charge is 2.12. The van der Waals surface area contributed by atoms with Crippen LogP contribution in [0.2, 0.25) is 0 Å². The zero-order chi connectivity index (χ0) is 17.0. The Morgan fingerprint density at radius 3 is 2.92 bits per heavy atom. The number of nitrogens with zero attached hydrogens (tertiary/aromatic N) is 3. The molecule has 8 heteroatoms. The lowest BCUT2D eigenvalue weighted by Crippen LogP contribution is -2.27. The van der Waals surface area contributed by atoms with E-state index < -0.39 is 10.0 Å². The van der Waals surface area contributed by atoms with Crippen molar-refractivity contribution >= 4 is 21.4 Å². The number of hydrogen-bond acceptors (Lipinski definition) is 5. The summed E-state index contributed by atoms with van der Waals surface area (Å²) in [5, 5.41) is 6.82. The summed E-state index contributed by atoms with van der Waals surface area (Å²) in [5.74, 6) is -0.00964. The van der Waals surface area contributed by atoms with Gasteiger partial charge >= 0.3 is 0 Å². The number of aryl methyl sites for hydroxylation is 1. The fourth-order valence-electron chi connectivity index (χ4n) is 2.31. The van der Waals surface area contributed by atoms with Crippen LogP contribution in [0.25, 0.3) is 5.13 Å². The molecule has 0 aliphatic rings. The van der Waals surface area contributed by atoms with Crippen molar-refractivity contribution in [2.24, 2.45) is 0 Å². The topological polar surface area (TPSA) is 76.9 Å². The average molecular weight is 362 g/mol. The second-order valence-electron chi connectivity index (χ2n) is 5.46. The van der Waals surface area contributed by atoms with E-state index in [1.807, 2.05) is 48.8 Å². The number of sulfonamides is 1. The van der Waals surface area contributed by atoms with E-state index >= 15 is 0 Å². The van der Waals surface area contributed by atoms with Crippen molar-refractivity contribution in [2.75, 3.05) is 6.54 Å². The van der Waals surface area contributed by atoms with Gasteiger partial charge in [0, 0.05) is 30.7 Å². The molecule has 0 unspecified atom stereocenters. The Balaban J connectivity index is 1.54. The van der Waals surface area contributed by atoms with Crippen LogP contribution in [-0.4, -0.2) is 29.7 Å². The van der Waals surface area contributed by atoms with Crippen LogP contribution in [-0.2, 0) is 22.2 Å². The lowest BCUT2D eigenvalue weighted by molar-refractivity contribution is 0.580. The van der Waals surface area contributed by atoms with Gasteiger partial charge in [-0.2, -0.15) is 5.10 Å². The molecule has 2 heterocycles. The highest BCUT2D eigenvalue weighted by atomic mass is 32.2. The van der Waals surface area contributed by atoms with E-state index in [0.29, 0.717) is 13.0 Å². The molecule has 0 amide bonds. The van der Waals surface area contributed by atoms with Crippen molar-refractivity contribution in [3.63, 3.8) is 0 Å². The largest absolute Gasteiger partial charge is 0.223 e. The molecule has 2 aromatic heterocycles. The minimum Gasteiger partial charge on any atom is -0.223 e. The SMILES string of the molecule is Cc1cccc(CS(=O)(=O)NCCc2csc(-n3cccn3)n2)c1. The first-order valence-corrected chi connectivity index (χ1v) is 10.0. The summed E-state index contributed by atoms with van der Waals surface area (Å²) in [6.45, 7) is 2.28. The Morgan fingerprint density at radius 1 is 1.29 bits per heavy atom. The second kappa shape index (κ2) is 7.25. The number of hydrogen-bond donors (Lipinski definition) is 1. The minimum absolute atomic E-state index is 0.00964. The molecule has 0 bridgehead atoms. The predicted octanol–water partition coefficient (Wildman–Crippen LogP) is 2.30. The van der Waals surface area contributed by atoms with Crippen LogP contribution in [0.3, 0.4) is 0 Å². The number of thiazole rings is 1. The molecule has 0 saturated carbocycles. The molecule has 126 valence electrons. The van der Waals surface area contributed by atoms with Crippen LogP contribution in [0.4, 0.5) is 0 Å². The van der Waals surface area contributed by atoms with Gasteiger partial charge in [-0.15, -0.1) is 11.3 Å². The molecule has 1 aromatic carbocycles. The van der Waals surface area contributed by atoms with Gasteiger partial charge in [-0.1, -0.05) is 29.8 Å². The van der Waals surface area contributed by atoms with E-state index in [0.717, 1.165) is 22.0 Å². The third-order valence-corrected chi connectivity index (χ3v) is 5.62. The molecule has 0 aliphatic carbocycles. The summed E-state index contributed by atoms with van der Waals surface area (Å²) in [5.41, 5.74) is 2.69. The van der Waals surface area contributed by atoms with E-state index in [2.05, 4.69) is 14.8 Å². The fourth-order valence-corrected chi connectivity index (χ4v) is 4.24. The summed E-state index contributed by atoms with van der Waals surface area (Å²) in [7, 11) is -3.35. The Bertz CT molecular complexity index is 902. The first kappa shape index (κ1) is 16.8. The van der Waals surface area contributed by atoms with Crippen LogP contribution < -0.4 is 4.72 Å². The van der Waals surface area contributed by atoms with Crippen molar-refractivity contribution in [2.45, 2.75) is 19.1 Å². The van der Waals surface area contributed by atoms with Gasteiger partial charge in [0.1, 0.15) is 0 Å². The molecule has 0 radical (unpaired) electrons. The lowest BCUT2D eigenvalue weighted by Gasteiger charge is -2.06. The maximum atomic E-state index is 12.2. The molecule has 24 heavy (non-hydrogen) atoms. The van der Waals surface area contributed by atoms with Crippen LogP contribution in [0.5, 0.6) is 0 Å². The van der Waals surface area contributed by atoms with Gasteiger partial charge in [0.2, 0.25) is 15.2 Å². The highest BCUT2D eigenvalue weighted by molar-refractivity contribution is 7.88. The number of aromatic nitrogens is 3. The average Bonchev–Trinajstić information content (AvgIpc) is 3.17. The molecule has 3 rings (SSSR count). The third-order valence-electron chi connectivity index (χ3n) is 3.38. The number of nitrogens with one attached hydrogen (secondary N) is 1. The zero-order valence-corrected chi connectivity index (χ0v) is 14.8. The van der Waals surface area contributed by atoms with Crippen LogP contribution in [0.1, 0.15) is 16.8 Å². The highest BCUT2D eigenvalue weighted by Crippen LogP contribution is 2.14. The smallest absolute Gasteiger partial charge is 0.215 e. The van der Waals surface area contributed by atoms with E-state index in [-0.39, 0.29) is 5.75 Å². The van der Waals surface area contributed by atoms with E-state index in [4.69, 9.17) is 0 Å². The van der Waals surface area contributed by atoms with Gasteiger partial charge in [-0.3, -0.25) is 0 Å². The van der Waals surface area contributed by atoms with Gasteiger partial charge in [0.05, 0.1) is 11.4 Å². The molecule has 1 N–H and O–H groups in total. The summed E-state index contributed by atoms with van der Waals surface area (Å²) >= 11 is 1.48.